The molecule has 0 saturated heterocycles. The Bertz CT molecular complexity index is 380. The minimum atomic E-state index is -0.00405. The Kier molecular flexibility index (Phi) is 1.09. The summed E-state index contributed by atoms with van der Waals surface area (Å²) in [5.41, 5.74) is -0.00810. The van der Waals surface area contributed by atoms with Gasteiger partial charge in [-0.15, -0.1) is 0 Å². The molecule has 0 aromatic rings. The fourth-order valence-corrected chi connectivity index (χ4v) is 6.86. The summed E-state index contributed by atoms with van der Waals surface area (Å²) in [6.45, 7) is 0.523. The Labute approximate surface area is 94.7 Å². The van der Waals surface area contributed by atoms with Crippen LogP contribution >= 0.6 is 0 Å². The Morgan fingerprint density at radius 1 is 0.688 bits per heavy atom. The van der Waals surface area contributed by atoms with E-state index < -0.39 is 0 Å². The zero-order valence-corrected chi connectivity index (χ0v) is 9.08. The number of hydrogen-bond acceptors (Lipinski definition) is 2. The van der Waals surface area contributed by atoms with Crippen molar-refractivity contribution in [1.29, 1.82) is 0 Å². The first-order chi connectivity index (χ1) is 7.83. The molecule has 16 heavy (non-hydrogen) atoms. The third-order valence-electron chi connectivity index (χ3n) is 6.92. The predicted octanol–water partition coefficient (Wildman–Crippen LogP) is 0.821. The number of allylic oxidation sites excluding steroid dienone is 4. The molecule has 2 nitrogen and oxygen atoms in total. The van der Waals surface area contributed by atoms with E-state index in [-0.39, 0.29) is 24.0 Å². The molecule has 0 amide bonds. The van der Waals surface area contributed by atoms with Gasteiger partial charge in [0.1, 0.15) is 0 Å². The summed E-state index contributed by atoms with van der Waals surface area (Å²) < 4.78 is 0. The SMILES string of the molecule is OCC12[C@@H]3C=C[C@H]4C3C3[C@@H]1C=C[C@@H]3C42CO. The van der Waals surface area contributed by atoms with Crippen LogP contribution in [0.1, 0.15) is 0 Å². The molecule has 4 unspecified atom stereocenters. The molecule has 8 bridgehead atoms. The lowest BCUT2D eigenvalue weighted by Gasteiger charge is -2.51. The van der Waals surface area contributed by atoms with E-state index in [1.807, 2.05) is 0 Å². The second kappa shape index (κ2) is 2.06. The number of rotatable bonds is 2. The molecule has 0 aromatic carbocycles. The standard InChI is InChI=1S/C14H16O2/c15-5-13-7-1-2-8-11(7)12-9(13)3-4-10(12)14(8,13)6-16/h1-4,7-12,15-16H,5-6H2/t7-,8-,9-,10+,11?,12?,13?,14?/m0/s1. The van der Waals surface area contributed by atoms with Gasteiger partial charge in [-0.2, -0.15) is 0 Å². The van der Waals surface area contributed by atoms with Gasteiger partial charge in [0.2, 0.25) is 0 Å². The summed E-state index contributed by atoms with van der Waals surface area (Å²) in [7, 11) is 0. The Hall–Kier alpha value is -0.600. The molecule has 6 rings (SSSR count). The molecule has 8 atom stereocenters. The number of hydrogen-bond donors (Lipinski definition) is 2. The molecule has 2 heteroatoms. The highest BCUT2D eigenvalue weighted by Gasteiger charge is 2.88. The first-order valence-corrected chi connectivity index (χ1v) is 6.41. The van der Waals surface area contributed by atoms with E-state index in [2.05, 4.69) is 24.3 Å². The van der Waals surface area contributed by atoms with Crippen LogP contribution in [0.25, 0.3) is 0 Å². The minimum absolute atomic E-state index is 0.00405. The number of aliphatic hydroxyl groups excluding tert-OH is 2. The van der Waals surface area contributed by atoms with Crippen LogP contribution in [0.15, 0.2) is 24.3 Å². The maximum absolute atomic E-state index is 10.0. The average molecular weight is 216 g/mol. The Balaban J connectivity index is 1.88. The quantitative estimate of drug-likeness (QED) is 0.671. The molecular formula is C14H16O2. The highest BCUT2D eigenvalue weighted by molar-refractivity contribution is 5.47. The van der Waals surface area contributed by atoms with E-state index in [1.54, 1.807) is 0 Å². The average Bonchev–Trinajstić information content (AvgIpc) is 3.06. The lowest BCUT2D eigenvalue weighted by Crippen LogP contribution is -2.52. The third kappa shape index (κ3) is 0.440. The maximum atomic E-state index is 10.0. The van der Waals surface area contributed by atoms with Gasteiger partial charge in [-0.25, -0.2) is 0 Å². The van der Waals surface area contributed by atoms with E-state index in [1.165, 1.54) is 0 Å². The van der Waals surface area contributed by atoms with Crippen molar-refractivity contribution in [2.45, 2.75) is 0 Å². The fourth-order valence-electron chi connectivity index (χ4n) is 6.86. The van der Waals surface area contributed by atoms with Crippen LogP contribution in [0.2, 0.25) is 0 Å². The molecular weight excluding hydrogens is 200 g/mol. The van der Waals surface area contributed by atoms with Gasteiger partial charge in [-0.1, -0.05) is 24.3 Å². The summed E-state index contributed by atoms with van der Waals surface area (Å²) in [4.78, 5) is 0. The van der Waals surface area contributed by atoms with Crippen LogP contribution < -0.4 is 0 Å². The first kappa shape index (κ1) is 8.48. The second-order valence-corrected chi connectivity index (χ2v) is 6.42. The lowest BCUT2D eigenvalue weighted by molar-refractivity contribution is -0.0739. The van der Waals surface area contributed by atoms with Gasteiger partial charge < -0.3 is 10.2 Å². The van der Waals surface area contributed by atoms with Crippen molar-refractivity contribution in [1.82, 2.24) is 0 Å². The van der Waals surface area contributed by atoms with Crippen molar-refractivity contribution in [3.63, 3.8) is 0 Å². The van der Waals surface area contributed by atoms with Crippen molar-refractivity contribution in [3.8, 4) is 0 Å². The molecule has 2 N–H and O–H groups in total. The van der Waals surface area contributed by atoms with Gasteiger partial charge in [0.25, 0.3) is 0 Å². The van der Waals surface area contributed by atoms with Gasteiger partial charge >= 0.3 is 0 Å². The van der Waals surface area contributed by atoms with E-state index in [9.17, 15) is 10.2 Å². The van der Waals surface area contributed by atoms with Crippen molar-refractivity contribution >= 4 is 0 Å². The van der Waals surface area contributed by atoms with Gasteiger partial charge in [0, 0.05) is 10.8 Å². The molecule has 0 aliphatic heterocycles. The van der Waals surface area contributed by atoms with Crippen molar-refractivity contribution in [3.05, 3.63) is 24.3 Å². The Morgan fingerprint density at radius 3 is 1.25 bits per heavy atom. The predicted molar refractivity (Wildman–Crippen MR) is 58.3 cm³/mol. The first-order valence-electron chi connectivity index (χ1n) is 6.41. The summed E-state index contributed by atoms with van der Waals surface area (Å²) in [5, 5.41) is 20.0. The van der Waals surface area contributed by atoms with Gasteiger partial charge in [-0.3, -0.25) is 0 Å². The van der Waals surface area contributed by atoms with Gasteiger partial charge in [0.05, 0.1) is 13.2 Å². The molecule has 84 valence electrons. The van der Waals surface area contributed by atoms with Crippen LogP contribution in [0.4, 0.5) is 0 Å². The summed E-state index contributed by atoms with van der Waals surface area (Å²) >= 11 is 0. The van der Waals surface area contributed by atoms with Crippen molar-refractivity contribution < 1.29 is 10.2 Å². The van der Waals surface area contributed by atoms with Crippen LogP contribution in [0, 0.1) is 46.3 Å². The van der Waals surface area contributed by atoms with E-state index in [4.69, 9.17) is 0 Å². The zero-order chi connectivity index (χ0) is 10.7. The Morgan fingerprint density at radius 2 is 1.00 bits per heavy atom. The van der Waals surface area contributed by atoms with E-state index in [0.29, 0.717) is 23.7 Å². The third-order valence-corrected chi connectivity index (χ3v) is 6.92. The lowest BCUT2D eigenvalue weighted by atomic mass is 9.54. The van der Waals surface area contributed by atoms with Gasteiger partial charge in [0.15, 0.2) is 0 Å². The molecule has 4 fully saturated rings. The summed E-state index contributed by atoms with van der Waals surface area (Å²) in [5.74, 6) is 3.64. The normalized spacial score (nSPS) is 70.4. The second-order valence-electron chi connectivity index (χ2n) is 6.42. The summed E-state index contributed by atoms with van der Waals surface area (Å²) in [6, 6.07) is 0. The highest BCUT2D eigenvalue weighted by atomic mass is 16.3. The van der Waals surface area contributed by atoms with Crippen LogP contribution in [-0.4, -0.2) is 23.4 Å². The topological polar surface area (TPSA) is 40.5 Å². The monoisotopic (exact) mass is 216 g/mol. The van der Waals surface area contributed by atoms with Crippen molar-refractivity contribution in [2.24, 2.45) is 46.3 Å². The molecule has 0 heterocycles. The summed E-state index contributed by atoms with van der Waals surface area (Å²) in [6.07, 6.45) is 9.34. The molecule has 0 spiro atoms. The van der Waals surface area contributed by atoms with Crippen LogP contribution in [-0.2, 0) is 0 Å². The molecule has 4 saturated carbocycles. The molecule has 6 aliphatic rings. The van der Waals surface area contributed by atoms with E-state index in [0.717, 1.165) is 11.8 Å². The molecule has 0 radical (unpaired) electrons. The van der Waals surface area contributed by atoms with Crippen LogP contribution in [0.3, 0.4) is 0 Å². The van der Waals surface area contributed by atoms with Crippen LogP contribution in [0.5, 0.6) is 0 Å². The maximum Gasteiger partial charge on any atom is 0.0505 e. The highest BCUT2D eigenvalue weighted by Crippen LogP contribution is 2.89. The number of aliphatic hydroxyl groups is 2. The van der Waals surface area contributed by atoms with Gasteiger partial charge in [-0.05, 0) is 35.5 Å². The molecule has 6 aliphatic carbocycles. The zero-order valence-electron chi connectivity index (χ0n) is 9.08. The molecule has 0 aromatic heterocycles. The fraction of sp³-hybridized carbons (Fsp3) is 0.714. The van der Waals surface area contributed by atoms with Crippen molar-refractivity contribution in [2.75, 3.05) is 13.2 Å². The smallest absolute Gasteiger partial charge is 0.0505 e. The largest absolute Gasteiger partial charge is 0.396 e. The van der Waals surface area contributed by atoms with E-state index >= 15 is 0 Å². The minimum Gasteiger partial charge on any atom is -0.396 e.